The van der Waals surface area contributed by atoms with Gasteiger partial charge in [-0.1, -0.05) is 0 Å². The van der Waals surface area contributed by atoms with Crippen LogP contribution in [0.1, 0.15) is 0 Å². The van der Waals surface area contributed by atoms with E-state index in [1.807, 2.05) is 12.1 Å². The molecule has 4 N–H and O–H groups in total. The van der Waals surface area contributed by atoms with Gasteiger partial charge in [0.25, 0.3) is 5.91 Å². The first-order valence-corrected chi connectivity index (χ1v) is 9.45. The summed E-state index contributed by atoms with van der Waals surface area (Å²) in [4.78, 5) is 27.6. The zero-order chi connectivity index (χ0) is 20.2. The summed E-state index contributed by atoms with van der Waals surface area (Å²) in [5, 5.41) is 14.4. The number of phenolic OH excluding ortho intramolecular Hbond substituents is 1. The maximum absolute atomic E-state index is 12.2. The monoisotopic (exact) mass is 399 g/mol. The number of fused-ring (bicyclic) bond motifs is 1. The lowest BCUT2D eigenvalue weighted by atomic mass is 10.2. The van der Waals surface area contributed by atoms with E-state index in [0.717, 1.165) is 36.8 Å². The van der Waals surface area contributed by atoms with E-state index in [-0.39, 0.29) is 25.0 Å². The number of phenols is 1. The molecule has 3 amide bonds. The van der Waals surface area contributed by atoms with E-state index < -0.39 is 6.03 Å². The molecular weight excluding hydrogens is 376 g/mol. The zero-order valence-corrected chi connectivity index (χ0v) is 15.8. The van der Waals surface area contributed by atoms with Crippen molar-refractivity contribution < 1.29 is 29.1 Å². The van der Waals surface area contributed by atoms with E-state index in [1.54, 1.807) is 30.3 Å². The molecule has 2 aromatic carbocycles. The molecular formula is C20H23N4O5+. The lowest BCUT2D eigenvalue weighted by Gasteiger charge is -2.33. The predicted octanol–water partition coefficient (Wildman–Crippen LogP) is 0.174. The number of ether oxygens (including phenoxy) is 2. The molecule has 0 aliphatic carbocycles. The van der Waals surface area contributed by atoms with E-state index in [0.29, 0.717) is 17.2 Å². The number of nitrogens with zero attached hydrogens (tertiary/aromatic N) is 1. The number of carbonyl (C=O) groups is 2. The van der Waals surface area contributed by atoms with Gasteiger partial charge in [-0.05, 0) is 36.4 Å². The van der Waals surface area contributed by atoms with Crippen LogP contribution in [-0.2, 0) is 4.79 Å². The van der Waals surface area contributed by atoms with Crippen molar-refractivity contribution in [3.63, 3.8) is 0 Å². The Balaban J connectivity index is 1.22. The van der Waals surface area contributed by atoms with Gasteiger partial charge in [0.05, 0.1) is 26.2 Å². The fourth-order valence-electron chi connectivity index (χ4n) is 3.46. The van der Waals surface area contributed by atoms with Crippen molar-refractivity contribution in [3.05, 3.63) is 42.5 Å². The molecule has 0 radical (unpaired) electrons. The molecule has 0 bridgehead atoms. The Hall–Kier alpha value is -3.46. The number of urea groups is 1. The summed E-state index contributed by atoms with van der Waals surface area (Å²) in [6, 6.07) is 11.6. The van der Waals surface area contributed by atoms with Crippen LogP contribution in [0.3, 0.4) is 0 Å². The summed E-state index contributed by atoms with van der Waals surface area (Å²) >= 11 is 0. The fraction of sp³-hybridized carbons (Fsp3) is 0.300. The number of rotatable bonds is 4. The number of hydrogen-bond donors (Lipinski definition) is 4. The second-order valence-corrected chi connectivity index (χ2v) is 7.00. The van der Waals surface area contributed by atoms with Crippen LogP contribution < -0.4 is 29.9 Å². The van der Waals surface area contributed by atoms with Gasteiger partial charge in [0.15, 0.2) is 18.0 Å². The lowest BCUT2D eigenvalue weighted by Crippen LogP contribution is -3.16. The van der Waals surface area contributed by atoms with Crippen LogP contribution in [0.2, 0.25) is 0 Å². The standard InChI is InChI=1S/C20H22N4O5/c25-16-4-2-15(3-5-16)24-9-7-23(8-10-24)12-19(26)22-20(27)21-14-1-6-17-18(11-14)29-13-28-17/h1-6,11,25H,7-10,12-13H2,(H2,21,22,26,27)/p+1. The Morgan fingerprint density at radius 3 is 2.52 bits per heavy atom. The zero-order valence-electron chi connectivity index (χ0n) is 15.8. The molecule has 2 heterocycles. The normalized spacial score (nSPS) is 15.8. The van der Waals surface area contributed by atoms with Crippen molar-refractivity contribution in [1.29, 1.82) is 0 Å². The highest BCUT2D eigenvalue weighted by Gasteiger charge is 2.23. The van der Waals surface area contributed by atoms with Crippen molar-refractivity contribution in [1.82, 2.24) is 5.32 Å². The molecule has 0 saturated carbocycles. The Labute approximate surface area is 167 Å². The minimum Gasteiger partial charge on any atom is -0.508 e. The first-order valence-electron chi connectivity index (χ1n) is 9.45. The van der Waals surface area contributed by atoms with Crippen LogP contribution in [-0.4, -0.2) is 56.6 Å². The number of aromatic hydroxyl groups is 1. The number of piperazine rings is 1. The number of carbonyl (C=O) groups excluding carboxylic acids is 2. The van der Waals surface area contributed by atoms with Crippen LogP contribution in [0.15, 0.2) is 42.5 Å². The summed E-state index contributed by atoms with van der Waals surface area (Å²) in [5.41, 5.74) is 1.57. The van der Waals surface area contributed by atoms with Crippen molar-refractivity contribution in [2.45, 2.75) is 0 Å². The third kappa shape index (κ3) is 4.69. The van der Waals surface area contributed by atoms with Crippen molar-refractivity contribution in [2.24, 2.45) is 0 Å². The van der Waals surface area contributed by atoms with Crippen LogP contribution >= 0.6 is 0 Å². The third-order valence-electron chi connectivity index (χ3n) is 4.98. The number of anilines is 2. The molecule has 2 aliphatic rings. The van der Waals surface area contributed by atoms with E-state index in [2.05, 4.69) is 15.5 Å². The largest absolute Gasteiger partial charge is 0.508 e. The Kier molecular flexibility index (Phi) is 5.39. The Morgan fingerprint density at radius 1 is 1.03 bits per heavy atom. The number of imide groups is 1. The minimum atomic E-state index is -0.573. The van der Waals surface area contributed by atoms with Gasteiger partial charge in [-0.2, -0.15) is 0 Å². The molecule has 2 aromatic rings. The number of nitrogens with one attached hydrogen (secondary N) is 3. The number of benzene rings is 2. The first-order chi connectivity index (χ1) is 14.1. The molecule has 1 fully saturated rings. The van der Waals surface area contributed by atoms with E-state index in [4.69, 9.17) is 9.47 Å². The maximum atomic E-state index is 12.2. The molecule has 0 unspecified atom stereocenters. The summed E-state index contributed by atoms with van der Waals surface area (Å²) in [5.74, 6) is 1.11. The first kappa shape index (κ1) is 18.9. The van der Waals surface area contributed by atoms with Crippen molar-refractivity contribution in [2.75, 3.05) is 49.7 Å². The van der Waals surface area contributed by atoms with Crippen LogP contribution in [0.4, 0.5) is 16.2 Å². The topological polar surface area (TPSA) is 105 Å². The summed E-state index contributed by atoms with van der Waals surface area (Å²) in [7, 11) is 0. The molecule has 2 aliphatic heterocycles. The molecule has 152 valence electrons. The molecule has 9 heteroatoms. The van der Waals surface area contributed by atoms with Gasteiger partial charge < -0.3 is 29.7 Å². The summed E-state index contributed by atoms with van der Waals surface area (Å²) < 4.78 is 10.5. The number of amides is 3. The molecule has 0 aromatic heterocycles. The smallest absolute Gasteiger partial charge is 0.326 e. The van der Waals surface area contributed by atoms with E-state index in [9.17, 15) is 14.7 Å². The van der Waals surface area contributed by atoms with Crippen molar-refractivity contribution >= 4 is 23.3 Å². The maximum Gasteiger partial charge on any atom is 0.326 e. The molecule has 0 atom stereocenters. The van der Waals surface area contributed by atoms with Gasteiger partial charge >= 0.3 is 6.03 Å². The Morgan fingerprint density at radius 2 is 1.76 bits per heavy atom. The third-order valence-corrected chi connectivity index (χ3v) is 4.98. The van der Waals surface area contributed by atoms with Gasteiger partial charge in [-0.3, -0.25) is 10.1 Å². The van der Waals surface area contributed by atoms with Gasteiger partial charge in [0.2, 0.25) is 6.79 Å². The minimum absolute atomic E-state index is 0.159. The van der Waals surface area contributed by atoms with Gasteiger partial charge in [-0.25, -0.2) is 4.79 Å². The van der Waals surface area contributed by atoms with Crippen molar-refractivity contribution in [3.8, 4) is 17.2 Å². The van der Waals surface area contributed by atoms with Gasteiger partial charge in [-0.15, -0.1) is 0 Å². The molecule has 4 rings (SSSR count). The summed E-state index contributed by atoms with van der Waals surface area (Å²) in [6.07, 6.45) is 0. The predicted molar refractivity (Wildman–Crippen MR) is 106 cm³/mol. The number of hydrogen-bond acceptors (Lipinski definition) is 6. The van der Waals surface area contributed by atoms with Crippen LogP contribution in [0, 0.1) is 0 Å². The fourth-order valence-corrected chi connectivity index (χ4v) is 3.46. The highest BCUT2D eigenvalue weighted by molar-refractivity contribution is 6.01. The summed E-state index contributed by atoms with van der Waals surface area (Å²) in [6.45, 7) is 3.58. The molecule has 9 nitrogen and oxygen atoms in total. The van der Waals surface area contributed by atoms with Gasteiger partial charge in [0.1, 0.15) is 5.75 Å². The molecule has 0 spiro atoms. The van der Waals surface area contributed by atoms with Crippen LogP contribution in [0.5, 0.6) is 17.2 Å². The van der Waals surface area contributed by atoms with E-state index >= 15 is 0 Å². The average Bonchev–Trinajstić information content (AvgIpc) is 3.17. The highest BCUT2D eigenvalue weighted by Crippen LogP contribution is 2.34. The second kappa shape index (κ2) is 8.27. The quantitative estimate of drug-likeness (QED) is 0.585. The molecule has 1 saturated heterocycles. The van der Waals surface area contributed by atoms with E-state index in [1.165, 1.54) is 0 Å². The SMILES string of the molecule is O=C(C[NH+]1CCN(c2ccc(O)cc2)CC1)NC(=O)Nc1ccc2c(c1)OCO2. The van der Waals surface area contributed by atoms with Gasteiger partial charge in [0, 0.05) is 17.4 Å². The molecule has 29 heavy (non-hydrogen) atoms. The van der Waals surface area contributed by atoms with Crippen LogP contribution in [0.25, 0.3) is 0 Å². The average molecular weight is 399 g/mol. The highest BCUT2D eigenvalue weighted by atomic mass is 16.7. The second-order valence-electron chi connectivity index (χ2n) is 7.00. The lowest BCUT2D eigenvalue weighted by molar-refractivity contribution is -0.892. The number of quaternary nitrogens is 1. The Bertz CT molecular complexity index is 894.